The molecule has 0 radical (unpaired) electrons. The Morgan fingerprint density at radius 3 is 2.69 bits per heavy atom. The Bertz CT molecular complexity index is 1100. The molecule has 0 spiro atoms. The van der Waals surface area contributed by atoms with E-state index in [1.165, 1.54) is 5.01 Å². The van der Waals surface area contributed by atoms with Crippen molar-refractivity contribution in [3.63, 3.8) is 0 Å². The zero-order valence-electron chi connectivity index (χ0n) is 16.7. The minimum Gasteiger partial charge on any atom is -0.365 e. The zero-order chi connectivity index (χ0) is 20.6. The maximum absolute atomic E-state index is 13.0. The molecule has 1 saturated carbocycles. The summed E-state index contributed by atoms with van der Waals surface area (Å²) in [7, 11) is 0. The van der Waals surface area contributed by atoms with Crippen LogP contribution in [0.4, 0.5) is 0 Å². The van der Waals surface area contributed by atoms with E-state index >= 15 is 0 Å². The molecule has 29 heavy (non-hydrogen) atoms. The van der Waals surface area contributed by atoms with Crippen molar-refractivity contribution < 1.29 is 4.79 Å². The third-order valence-corrected chi connectivity index (χ3v) is 6.05. The zero-order valence-corrected chi connectivity index (χ0v) is 16.7. The predicted octanol–water partition coefficient (Wildman–Crippen LogP) is 1.69. The van der Waals surface area contributed by atoms with E-state index in [9.17, 15) is 4.79 Å². The molecular weight excluding hydrogens is 364 g/mol. The number of rotatable bonds is 4. The van der Waals surface area contributed by atoms with Crippen LogP contribution in [0.2, 0.25) is 0 Å². The van der Waals surface area contributed by atoms with Crippen LogP contribution in [0.3, 0.4) is 0 Å². The second-order valence-corrected chi connectivity index (χ2v) is 8.05. The topological polar surface area (TPSA) is 109 Å². The lowest BCUT2D eigenvalue weighted by atomic mass is 9.77. The van der Waals surface area contributed by atoms with Crippen LogP contribution in [0.15, 0.2) is 46.7 Å². The van der Waals surface area contributed by atoms with E-state index in [4.69, 9.17) is 11.7 Å². The summed E-state index contributed by atoms with van der Waals surface area (Å²) < 4.78 is 0. The Morgan fingerprint density at radius 1 is 1.21 bits per heavy atom. The quantitative estimate of drug-likeness (QED) is 0.319. The number of aryl methyl sites for hydroxylation is 1. The highest BCUT2D eigenvalue weighted by Crippen LogP contribution is 2.36. The monoisotopic (exact) mass is 390 g/mol. The summed E-state index contributed by atoms with van der Waals surface area (Å²) in [6.07, 6.45) is 6.62. The van der Waals surface area contributed by atoms with Gasteiger partial charge >= 0.3 is 0 Å². The number of amides is 1. The smallest absolute Gasteiger partial charge is 0.268 e. The van der Waals surface area contributed by atoms with Gasteiger partial charge in [-0.1, -0.05) is 23.4 Å². The van der Waals surface area contributed by atoms with Crippen LogP contribution in [-0.4, -0.2) is 22.6 Å². The van der Waals surface area contributed by atoms with E-state index in [0.29, 0.717) is 5.56 Å². The number of carbonyl (C=O) groups is 1. The number of fused-ring (bicyclic) bond motifs is 1. The second-order valence-electron chi connectivity index (χ2n) is 8.05. The number of benzene rings is 2. The van der Waals surface area contributed by atoms with E-state index in [1.54, 1.807) is 0 Å². The van der Waals surface area contributed by atoms with Crippen molar-refractivity contribution >= 4 is 18.2 Å². The molecule has 1 aliphatic carbocycles. The van der Waals surface area contributed by atoms with Crippen LogP contribution in [0, 0.1) is 6.92 Å². The molecule has 1 heterocycles. The average Bonchev–Trinajstić information content (AvgIpc) is 2.71. The normalized spacial score (nSPS) is 19.3. The summed E-state index contributed by atoms with van der Waals surface area (Å²) in [5, 5.41) is 13.9. The van der Waals surface area contributed by atoms with Gasteiger partial charge in [-0.2, -0.15) is 0 Å². The molecule has 2 aromatic rings. The van der Waals surface area contributed by atoms with Crippen molar-refractivity contribution in [3.8, 4) is 11.1 Å². The fourth-order valence-electron chi connectivity index (χ4n) is 3.93. The van der Waals surface area contributed by atoms with Gasteiger partial charge in [-0.05, 0) is 84.5 Å². The molecule has 0 aromatic heterocycles. The molecule has 1 aliphatic heterocycles. The maximum Gasteiger partial charge on any atom is 0.268 e. The van der Waals surface area contributed by atoms with Gasteiger partial charge in [0.2, 0.25) is 0 Å². The van der Waals surface area contributed by atoms with Crippen LogP contribution in [0.25, 0.3) is 23.4 Å². The highest BCUT2D eigenvalue weighted by atomic mass is 16.2. The molecule has 0 saturated heterocycles. The van der Waals surface area contributed by atoms with Gasteiger partial charge < -0.3 is 11.2 Å². The first-order valence-corrected chi connectivity index (χ1v) is 9.80. The van der Waals surface area contributed by atoms with Gasteiger partial charge in [0, 0.05) is 11.8 Å². The Kier molecular flexibility index (Phi) is 4.84. The summed E-state index contributed by atoms with van der Waals surface area (Å²) >= 11 is 0. The fourth-order valence-corrected chi connectivity index (χ4v) is 3.93. The summed E-state index contributed by atoms with van der Waals surface area (Å²) in [6.45, 7) is 4.09. The molecule has 2 aliphatic rings. The van der Waals surface area contributed by atoms with Gasteiger partial charge in [-0.25, -0.2) is 5.84 Å². The molecule has 1 fully saturated rings. The lowest BCUT2D eigenvalue weighted by Crippen LogP contribution is -2.57. The van der Waals surface area contributed by atoms with Crippen molar-refractivity contribution in [1.82, 2.24) is 10.3 Å². The van der Waals surface area contributed by atoms with Crippen molar-refractivity contribution in [1.29, 1.82) is 0 Å². The van der Waals surface area contributed by atoms with Crippen LogP contribution >= 0.6 is 0 Å². The van der Waals surface area contributed by atoms with Crippen molar-refractivity contribution in [3.05, 3.63) is 58.0 Å². The second kappa shape index (κ2) is 7.33. The van der Waals surface area contributed by atoms with Crippen molar-refractivity contribution in [2.24, 2.45) is 22.0 Å². The predicted molar refractivity (Wildman–Crippen MR) is 113 cm³/mol. The first kappa shape index (κ1) is 19.1. The molecule has 5 N–H and O–H groups in total. The molecular formula is C22H26N6O. The van der Waals surface area contributed by atoms with Crippen LogP contribution in [0.1, 0.15) is 42.1 Å². The van der Waals surface area contributed by atoms with Gasteiger partial charge in [0.1, 0.15) is 0 Å². The summed E-state index contributed by atoms with van der Waals surface area (Å²) in [4.78, 5) is 13.0. The average molecular weight is 390 g/mol. The van der Waals surface area contributed by atoms with E-state index in [-0.39, 0.29) is 17.6 Å². The number of carbonyl (C=O) groups excluding carboxylic acids is 1. The lowest BCUT2D eigenvalue weighted by Gasteiger charge is -2.45. The maximum atomic E-state index is 13.0. The van der Waals surface area contributed by atoms with Crippen LogP contribution in [-0.2, 0) is 0 Å². The summed E-state index contributed by atoms with van der Waals surface area (Å²) in [6, 6.07) is 12.0. The van der Waals surface area contributed by atoms with Gasteiger partial charge in [-0.3, -0.25) is 9.80 Å². The third-order valence-electron chi connectivity index (χ3n) is 6.05. The van der Waals surface area contributed by atoms with Gasteiger partial charge in [-0.15, -0.1) is 5.11 Å². The molecule has 2 aromatic carbocycles. The molecule has 0 bridgehead atoms. The lowest BCUT2D eigenvalue weighted by molar-refractivity contribution is 0.0242. The van der Waals surface area contributed by atoms with E-state index in [0.717, 1.165) is 46.4 Å². The summed E-state index contributed by atoms with van der Waals surface area (Å²) in [5.41, 5.74) is 3.53. The number of hydrogen-bond donors (Lipinski definition) is 3. The van der Waals surface area contributed by atoms with Gasteiger partial charge in [0.05, 0.1) is 5.54 Å². The molecule has 4 rings (SSSR count). The molecule has 7 nitrogen and oxygen atoms in total. The Balaban J connectivity index is 1.69. The molecule has 7 heteroatoms. The number of nitrogens with two attached hydrogens (primary N) is 2. The molecule has 1 amide bonds. The number of nitrogens with one attached hydrogen (secondary N) is 1. The van der Waals surface area contributed by atoms with E-state index in [2.05, 4.69) is 27.8 Å². The number of hydrogen-bond acceptors (Lipinski definition) is 5. The van der Waals surface area contributed by atoms with Crippen LogP contribution in [0.5, 0.6) is 0 Å². The molecule has 1 atom stereocenters. The third kappa shape index (κ3) is 3.49. The molecule has 150 valence electrons. The van der Waals surface area contributed by atoms with E-state index < -0.39 is 0 Å². The largest absolute Gasteiger partial charge is 0.365 e. The fraction of sp³-hybridized carbons (Fsp3) is 0.318. The minimum absolute atomic E-state index is 0.136. The molecule has 1 unspecified atom stereocenters. The summed E-state index contributed by atoms with van der Waals surface area (Å²) in [5.74, 6) is 11.2. The Labute approximate surface area is 169 Å². The Morgan fingerprint density at radius 2 is 2.00 bits per heavy atom. The SMILES string of the molecule is Cc1ccc(C(=O)N(N)C2(C)CCC2)cc1-c1ccc2c(c1)=CNC(N=NN)C=2. The van der Waals surface area contributed by atoms with E-state index in [1.807, 2.05) is 50.4 Å². The van der Waals surface area contributed by atoms with Crippen LogP contribution < -0.4 is 27.4 Å². The number of hydrazine groups is 1. The Hall–Kier alpha value is -3.19. The van der Waals surface area contributed by atoms with Crippen molar-refractivity contribution in [2.75, 3.05) is 0 Å². The highest BCUT2D eigenvalue weighted by molar-refractivity contribution is 5.96. The highest BCUT2D eigenvalue weighted by Gasteiger charge is 2.39. The van der Waals surface area contributed by atoms with Gasteiger partial charge in [0.15, 0.2) is 6.17 Å². The van der Waals surface area contributed by atoms with Gasteiger partial charge in [0.25, 0.3) is 5.91 Å². The first-order chi connectivity index (χ1) is 13.9. The standard InChI is InChI=1S/C22H26N6O/c1-14-4-5-17(21(29)28(24)22(2)8-3-9-22)11-19(14)16-7-6-15-12-20(26-27-23)25-13-18(15)10-16/h4-7,10-13,20,25H,3,8-9,24H2,1-2H3,(H2,23,26). The first-order valence-electron chi connectivity index (χ1n) is 9.80. The minimum atomic E-state index is -0.260. The number of nitrogens with zero attached hydrogens (tertiary/aromatic N) is 3. The van der Waals surface area contributed by atoms with Crippen molar-refractivity contribution in [2.45, 2.75) is 44.8 Å².